The SMILES string of the molecule is Cc1ccc(NC(=O)COc2ncnc3ccccc23)cc1S(=O)(=O)N1CCCCCC1. The molecule has 0 saturated carbocycles. The summed E-state index contributed by atoms with van der Waals surface area (Å²) in [5.74, 6) is -0.0891. The number of anilines is 1. The van der Waals surface area contributed by atoms with Crippen LogP contribution in [0.3, 0.4) is 0 Å². The standard InChI is InChI=1S/C23H26N4O4S/c1-17-10-11-18(14-21(17)32(29,30)27-12-6-2-3-7-13-27)26-22(28)15-31-23-19-8-4-5-9-20(19)24-16-25-23/h4-5,8-11,14,16H,2-3,6-7,12-13,15H2,1H3,(H,26,28). The average molecular weight is 455 g/mol. The third-order valence-corrected chi connectivity index (χ3v) is 7.54. The largest absolute Gasteiger partial charge is 0.467 e. The lowest BCUT2D eigenvalue weighted by Gasteiger charge is -2.21. The van der Waals surface area contributed by atoms with Gasteiger partial charge in [0.05, 0.1) is 15.8 Å². The highest BCUT2D eigenvalue weighted by Gasteiger charge is 2.27. The number of amides is 1. The fraction of sp³-hybridized carbons (Fsp3) is 0.348. The van der Waals surface area contributed by atoms with Crippen LogP contribution in [0, 0.1) is 6.92 Å². The van der Waals surface area contributed by atoms with Gasteiger partial charge in [-0.1, -0.05) is 31.0 Å². The molecule has 9 heteroatoms. The number of benzene rings is 2. The van der Waals surface area contributed by atoms with Crippen molar-refractivity contribution in [2.45, 2.75) is 37.5 Å². The predicted octanol–water partition coefficient (Wildman–Crippen LogP) is 3.52. The van der Waals surface area contributed by atoms with Gasteiger partial charge >= 0.3 is 0 Å². The molecule has 1 aromatic heterocycles. The van der Waals surface area contributed by atoms with E-state index in [1.165, 1.54) is 12.4 Å². The molecule has 0 atom stereocenters. The van der Waals surface area contributed by atoms with Crippen LogP contribution in [0.1, 0.15) is 31.2 Å². The maximum Gasteiger partial charge on any atom is 0.262 e. The number of hydrogen-bond acceptors (Lipinski definition) is 6. The molecule has 4 rings (SSSR count). The Morgan fingerprint density at radius 3 is 2.59 bits per heavy atom. The van der Waals surface area contributed by atoms with Crippen LogP contribution in [-0.4, -0.2) is 48.3 Å². The van der Waals surface area contributed by atoms with Crippen molar-refractivity contribution in [2.75, 3.05) is 25.0 Å². The Bertz CT molecular complexity index is 1220. The minimum Gasteiger partial charge on any atom is -0.467 e. The zero-order chi connectivity index (χ0) is 22.6. The van der Waals surface area contributed by atoms with Crippen LogP contribution in [-0.2, 0) is 14.8 Å². The first-order valence-electron chi connectivity index (χ1n) is 10.7. The number of fused-ring (bicyclic) bond motifs is 1. The van der Waals surface area contributed by atoms with Crippen LogP contribution in [0.2, 0.25) is 0 Å². The molecule has 8 nitrogen and oxygen atoms in total. The van der Waals surface area contributed by atoms with Crippen molar-refractivity contribution in [2.24, 2.45) is 0 Å². The molecule has 0 aliphatic carbocycles. The van der Waals surface area contributed by atoms with Crippen LogP contribution >= 0.6 is 0 Å². The summed E-state index contributed by atoms with van der Waals surface area (Å²) in [7, 11) is -3.62. The summed E-state index contributed by atoms with van der Waals surface area (Å²) < 4.78 is 33.6. The Labute approximate surface area is 187 Å². The third kappa shape index (κ3) is 4.89. The number of hydrogen-bond donors (Lipinski definition) is 1. The number of rotatable bonds is 6. The van der Waals surface area contributed by atoms with Gasteiger partial charge in [-0.2, -0.15) is 4.31 Å². The van der Waals surface area contributed by atoms with Crippen molar-refractivity contribution in [3.05, 3.63) is 54.4 Å². The van der Waals surface area contributed by atoms with Crippen molar-refractivity contribution in [1.82, 2.24) is 14.3 Å². The monoisotopic (exact) mass is 454 g/mol. The Kier molecular flexibility index (Phi) is 6.66. The van der Waals surface area contributed by atoms with E-state index < -0.39 is 15.9 Å². The topological polar surface area (TPSA) is 101 Å². The van der Waals surface area contributed by atoms with Gasteiger partial charge in [0.1, 0.15) is 6.33 Å². The van der Waals surface area contributed by atoms with Gasteiger partial charge in [-0.25, -0.2) is 18.4 Å². The maximum atomic E-state index is 13.2. The van der Waals surface area contributed by atoms with E-state index in [1.54, 1.807) is 23.4 Å². The lowest BCUT2D eigenvalue weighted by molar-refractivity contribution is -0.118. The van der Waals surface area contributed by atoms with Crippen LogP contribution in [0.15, 0.2) is 53.7 Å². The predicted molar refractivity (Wildman–Crippen MR) is 122 cm³/mol. The summed E-state index contributed by atoms with van der Waals surface area (Å²) in [4.78, 5) is 21.0. The minimum atomic E-state index is -3.62. The van der Waals surface area contributed by atoms with E-state index in [9.17, 15) is 13.2 Å². The molecule has 32 heavy (non-hydrogen) atoms. The van der Waals surface area contributed by atoms with E-state index >= 15 is 0 Å². The average Bonchev–Trinajstić information content (AvgIpc) is 3.09. The van der Waals surface area contributed by atoms with Crippen molar-refractivity contribution in [3.63, 3.8) is 0 Å². The molecule has 1 saturated heterocycles. The second-order valence-corrected chi connectivity index (χ2v) is 9.74. The van der Waals surface area contributed by atoms with Gasteiger partial charge < -0.3 is 10.1 Å². The first-order chi connectivity index (χ1) is 15.4. The van der Waals surface area contributed by atoms with E-state index in [2.05, 4.69) is 15.3 Å². The van der Waals surface area contributed by atoms with Crippen LogP contribution in [0.5, 0.6) is 5.88 Å². The normalized spacial score (nSPS) is 15.3. The van der Waals surface area contributed by atoms with E-state index in [0.29, 0.717) is 35.6 Å². The quantitative estimate of drug-likeness (QED) is 0.612. The van der Waals surface area contributed by atoms with E-state index in [1.807, 2.05) is 24.3 Å². The lowest BCUT2D eigenvalue weighted by Crippen LogP contribution is -2.32. The number of nitrogens with one attached hydrogen (secondary N) is 1. The molecule has 1 aliphatic heterocycles. The number of ether oxygens (including phenoxy) is 1. The molecule has 1 aliphatic rings. The van der Waals surface area contributed by atoms with E-state index in [-0.39, 0.29) is 11.5 Å². The molecule has 0 bridgehead atoms. The first-order valence-corrected chi connectivity index (χ1v) is 12.1. The number of aryl methyl sites for hydroxylation is 1. The number of carbonyl (C=O) groups excluding carboxylic acids is 1. The van der Waals surface area contributed by atoms with Crippen molar-refractivity contribution >= 4 is 32.5 Å². The van der Waals surface area contributed by atoms with Gasteiger partial charge in [-0.15, -0.1) is 0 Å². The second kappa shape index (κ2) is 9.62. The second-order valence-electron chi connectivity index (χ2n) is 7.83. The first kappa shape index (κ1) is 22.2. The van der Waals surface area contributed by atoms with Crippen LogP contribution in [0.4, 0.5) is 5.69 Å². The number of carbonyl (C=O) groups is 1. The fourth-order valence-electron chi connectivity index (χ4n) is 3.80. The highest BCUT2D eigenvalue weighted by atomic mass is 32.2. The summed E-state index contributed by atoms with van der Waals surface area (Å²) in [5, 5.41) is 3.44. The van der Waals surface area contributed by atoms with E-state index in [0.717, 1.165) is 31.2 Å². The lowest BCUT2D eigenvalue weighted by atomic mass is 10.2. The zero-order valence-electron chi connectivity index (χ0n) is 18.0. The Morgan fingerprint density at radius 1 is 1.06 bits per heavy atom. The summed E-state index contributed by atoms with van der Waals surface area (Å²) in [6, 6.07) is 12.3. The molecular weight excluding hydrogens is 428 g/mol. The highest BCUT2D eigenvalue weighted by molar-refractivity contribution is 7.89. The van der Waals surface area contributed by atoms with Gasteiger partial charge in [-0.3, -0.25) is 4.79 Å². The Morgan fingerprint density at radius 2 is 1.81 bits per heavy atom. The van der Waals surface area contributed by atoms with Gasteiger partial charge in [0.15, 0.2) is 6.61 Å². The van der Waals surface area contributed by atoms with Gasteiger partial charge in [0.25, 0.3) is 5.91 Å². The number of sulfonamides is 1. The molecule has 1 N–H and O–H groups in total. The Hall–Kier alpha value is -3.04. The Balaban J connectivity index is 1.47. The third-order valence-electron chi connectivity index (χ3n) is 5.50. The molecule has 0 spiro atoms. The molecule has 0 radical (unpaired) electrons. The zero-order valence-corrected chi connectivity index (χ0v) is 18.8. The number of aromatic nitrogens is 2. The van der Waals surface area contributed by atoms with Gasteiger partial charge in [0, 0.05) is 18.8 Å². The molecular formula is C23H26N4O4S. The summed E-state index contributed by atoms with van der Waals surface area (Å²) in [6.07, 6.45) is 5.20. The van der Waals surface area contributed by atoms with E-state index in [4.69, 9.17) is 4.74 Å². The number of nitrogens with zero attached hydrogens (tertiary/aromatic N) is 3. The summed E-state index contributed by atoms with van der Waals surface area (Å²) >= 11 is 0. The molecule has 2 aromatic carbocycles. The van der Waals surface area contributed by atoms with Crippen molar-refractivity contribution in [1.29, 1.82) is 0 Å². The molecule has 1 amide bonds. The molecule has 0 unspecified atom stereocenters. The van der Waals surface area contributed by atoms with Crippen molar-refractivity contribution < 1.29 is 17.9 Å². The molecule has 2 heterocycles. The summed E-state index contributed by atoms with van der Waals surface area (Å²) in [6.45, 7) is 2.56. The van der Waals surface area contributed by atoms with Gasteiger partial charge in [-0.05, 0) is 49.6 Å². The smallest absolute Gasteiger partial charge is 0.262 e. The highest BCUT2D eigenvalue weighted by Crippen LogP contribution is 2.26. The summed E-state index contributed by atoms with van der Waals surface area (Å²) in [5.41, 5.74) is 1.78. The molecule has 1 fully saturated rings. The van der Waals surface area contributed by atoms with Crippen LogP contribution in [0.25, 0.3) is 10.9 Å². The maximum absolute atomic E-state index is 13.2. The molecule has 3 aromatic rings. The van der Waals surface area contributed by atoms with Crippen molar-refractivity contribution in [3.8, 4) is 5.88 Å². The molecule has 168 valence electrons. The minimum absolute atomic E-state index is 0.222. The number of para-hydroxylation sites is 1. The van der Waals surface area contributed by atoms with Crippen LogP contribution < -0.4 is 10.1 Å². The fourth-order valence-corrected chi connectivity index (χ4v) is 5.57. The van der Waals surface area contributed by atoms with Gasteiger partial charge in [0.2, 0.25) is 15.9 Å².